The highest BCUT2D eigenvalue weighted by Crippen LogP contribution is 2.27. The maximum absolute atomic E-state index is 13.1. The van der Waals surface area contributed by atoms with Crippen molar-refractivity contribution in [3.8, 4) is 0 Å². The predicted molar refractivity (Wildman–Crippen MR) is 83.2 cm³/mol. The zero-order valence-electron chi connectivity index (χ0n) is 11.8. The second kappa shape index (κ2) is 6.39. The zero-order valence-corrected chi connectivity index (χ0v) is 12.6. The van der Waals surface area contributed by atoms with Gasteiger partial charge in [0.2, 0.25) is 0 Å². The third kappa shape index (κ3) is 3.32. The van der Waals surface area contributed by atoms with Crippen molar-refractivity contribution in [1.29, 1.82) is 0 Å². The zero-order chi connectivity index (χ0) is 14.7. The maximum atomic E-state index is 13.1. The largest absolute Gasteiger partial charge is 0.338 e. The van der Waals surface area contributed by atoms with E-state index in [0.29, 0.717) is 5.92 Å². The van der Waals surface area contributed by atoms with E-state index < -0.39 is 0 Å². The van der Waals surface area contributed by atoms with Crippen LogP contribution in [0.25, 0.3) is 0 Å². The second-order valence-corrected chi connectivity index (χ2v) is 6.29. The molecule has 0 N–H and O–H groups in total. The van der Waals surface area contributed by atoms with Gasteiger partial charge in [0.05, 0.1) is 5.56 Å². The summed E-state index contributed by atoms with van der Waals surface area (Å²) in [6.07, 6.45) is 3.20. The van der Waals surface area contributed by atoms with Gasteiger partial charge in [0, 0.05) is 24.4 Å². The number of likely N-dealkylation sites (tertiary alicyclic amines) is 1. The highest BCUT2D eigenvalue weighted by atomic mass is 32.1. The van der Waals surface area contributed by atoms with Crippen molar-refractivity contribution >= 4 is 17.2 Å². The molecule has 2 heterocycles. The minimum absolute atomic E-state index is 0.116. The van der Waals surface area contributed by atoms with E-state index in [1.54, 1.807) is 11.3 Å². The van der Waals surface area contributed by atoms with Crippen molar-refractivity contribution in [2.24, 2.45) is 0 Å². The molecule has 0 radical (unpaired) electrons. The van der Waals surface area contributed by atoms with Crippen LogP contribution in [-0.2, 0) is 0 Å². The molecule has 2 nitrogen and oxygen atoms in total. The van der Waals surface area contributed by atoms with Crippen LogP contribution in [-0.4, -0.2) is 23.9 Å². The quantitative estimate of drug-likeness (QED) is 0.810. The molecule has 110 valence electrons. The maximum Gasteiger partial charge on any atom is 0.254 e. The van der Waals surface area contributed by atoms with Crippen molar-refractivity contribution in [3.05, 3.63) is 58.0 Å². The van der Waals surface area contributed by atoms with Gasteiger partial charge in [-0.25, -0.2) is 4.39 Å². The summed E-state index contributed by atoms with van der Waals surface area (Å²) in [7, 11) is 0. The van der Waals surface area contributed by atoms with E-state index in [-0.39, 0.29) is 11.7 Å². The summed E-state index contributed by atoms with van der Waals surface area (Å²) in [4.78, 5) is 14.5. The Hall–Kier alpha value is -1.68. The van der Waals surface area contributed by atoms with Crippen molar-refractivity contribution in [2.45, 2.75) is 25.2 Å². The third-order valence-corrected chi connectivity index (χ3v) is 4.75. The van der Waals surface area contributed by atoms with Crippen LogP contribution in [0.5, 0.6) is 0 Å². The molecule has 1 aliphatic rings. The number of benzene rings is 1. The lowest BCUT2D eigenvalue weighted by Gasteiger charge is -2.24. The van der Waals surface area contributed by atoms with E-state index in [1.165, 1.54) is 12.1 Å². The fourth-order valence-corrected chi connectivity index (χ4v) is 3.53. The summed E-state index contributed by atoms with van der Waals surface area (Å²) in [5.41, 5.74) is 1.90. The molecule has 1 atom stereocenters. The van der Waals surface area contributed by atoms with Crippen LogP contribution in [0, 0.1) is 5.82 Å². The molecule has 1 saturated heterocycles. The molecule has 4 heteroatoms. The topological polar surface area (TPSA) is 20.3 Å². The number of hydrogen-bond acceptors (Lipinski definition) is 2. The van der Waals surface area contributed by atoms with Crippen LogP contribution in [0.4, 0.5) is 4.39 Å². The van der Waals surface area contributed by atoms with E-state index in [4.69, 9.17) is 0 Å². The number of carbonyl (C=O) groups excluding carboxylic acids is 1. The third-order valence-electron chi connectivity index (χ3n) is 4.07. The fourth-order valence-electron chi connectivity index (χ4n) is 2.90. The number of hydrogen-bond donors (Lipinski definition) is 0. The van der Waals surface area contributed by atoms with Crippen LogP contribution in [0.15, 0.2) is 41.1 Å². The first-order valence-electron chi connectivity index (χ1n) is 7.31. The molecule has 3 rings (SSSR count). The average Bonchev–Trinajstić information content (AvgIpc) is 2.92. The number of nitrogens with zero attached hydrogens (tertiary/aromatic N) is 1. The lowest BCUT2D eigenvalue weighted by atomic mass is 9.94. The molecule has 0 spiro atoms. The summed E-state index contributed by atoms with van der Waals surface area (Å²) in [5.74, 6) is 0.208. The molecule has 0 aliphatic carbocycles. The van der Waals surface area contributed by atoms with Crippen LogP contribution >= 0.6 is 11.3 Å². The van der Waals surface area contributed by atoms with E-state index in [2.05, 4.69) is 0 Å². The van der Waals surface area contributed by atoms with Gasteiger partial charge in [-0.05, 0) is 42.0 Å². The standard InChI is InChI=1S/C17H18FNOS/c18-16-6-4-13(5-7-16)14-3-1-2-9-19(11-14)17(20)15-8-10-21-12-15/h4-8,10,12,14H,1-3,9,11H2. The van der Waals surface area contributed by atoms with Gasteiger partial charge in [-0.3, -0.25) is 4.79 Å². The second-order valence-electron chi connectivity index (χ2n) is 5.51. The van der Waals surface area contributed by atoms with E-state index in [0.717, 1.165) is 43.5 Å². The number of thiophene rings is 1. The summed E-state index contributed by atoms with van der Waals surface area (Å²) < 4.78 is 13.1. The first kappa shape index (κ1) is 14.3. The van der Waals surface area contributed by atoms with Crippen LogP contribution in [0.3, 0.4) is 0 Å². The predicted octanol–water partition coefficient (Wildman–Crippen LogP) is 4.30. The first-order valence-corrected chi connectivity index (χ1v) is 8.25. The minimum Gasteiger partial charge on any atom is -0.338 e. The number of halogens is 1. The molecule has 1 aliphatic heterocycles. The lowest BCUT2D eigenvalue weighted by molar-refractivity contribution is 0.0755. The smallest absolute Gasteiger partial charge is 0.254 e. The Morgan fingerprint density at radius 2 is 2.00 bits per heavy atom. The molecule has 1 unspecified atom stereocenters. The summed E-state index contributed by atoms with van der Waals surface area (Å²) >= 11 is 1.55. The molecular weight excluding hydrogens is 285 g/mol. The highest BCUT2D eigenvalue weighted by Gasteiger charge is 2.24. The molecule has 0 saturated carbocycles. The molecule has 2 aromatic rings. The van der Waals surface area contributed by atoms with Crippen LogP contribution in [0.1, 0.15) is 41.1 Å². The first-order chi connectivity index (χ1) is 10.2. The van der Waals surface area contributed by atoms with Gasteiger partial charge in [0.25, 0.3) is 5.91 Å². The Kier molecular flexibility index (Phi) is 4.34. The Labute approximate surface area is 128 Å². The Morgan fingerprint density at radius 3 is 2.71 bits per heavy atom. The highest BCUT2D eigenvalue weighted by molar-refractivity contribution is 7.08. The van der Waals surface area contributed by atoms with E-state index in [9.17, 15) is 9.18 Å². The number of carbonyl (C=O) groups is 1. The summed E-state index contributed by atoms with van der Waals surface area (Å²) in [6, 6.07) is 8.58. The minimum atomic E-state index is -0.210. The molecule has 1 fully saturated rings. The van der Waals surface area contributed by atoms with Gasteiger partial charge >= 0.3 is 0 Å². The van der Waals surface area contributed by atoms with Gasteiger partial charge < -0.3 is 4.90 Å². The van der Waals surface area contributed by atoms with E-state index >= 15 is 0 Å². The molecule has 1 amide bonds. The lowest BCUT2D eigenvalue weighted by Crippen LogP contribution is -2.33. The van der Waals surface area contributed by atoms with Crippen molar-refractivity contribution < 1.29 is 9.18 Å². The molecule has 1 aromatic carbocycles. The van der Waals surface area contributed by atoms with Gasteiger partial charge in [-0.15, -0.1) is 0 Å². The monoisotopic (exact) mass is 303 g/mol. The normalized spacial score (nSPS) is 19.3. The van der Waals surface area contributed by atoms with Crippen molar-refractivity contribution in [1.82, 2.24) is 4.90 Å². The molecule has 21 heavy (non-hydrogen) atoms. The fraction of sp³-hybridized carbons (Fsp3) is 0.353. The van der Waals surface area contributed by atoms with Gasteiger partial charge in [0.1, 0.15) is 5.82 Å². The van der Waals surface area contributed by atoms with Gasteiger partial charge in [0.15, 0.2) is 0 Å². The van der Waals surface area contributed by atoms with Gasteiger partial charge in [-0.1, -0.05) is 18.6 Å². The summed E-state index contributed by atoms with van der Waals surface area (Å²) in [5, 5.41) is 3.84. The SMILES string of the molecule is O=C(c1ccsc1)N1CCCCC(c2ccc(F)cc2)C1. The van der Waals surface area contributed by atoms with Gasteiger partial charge in [-0.2, -0.15) is 11.3 Å². The molecule has 1 aromatic heterocycles. The van der Waals surface area contributed by atoms with Crippen LogP contribution < -0.4 is 0 Å². The van der Waals surface area contributed by atoms with Crippen molar-refractivity contribution in [2.75, 3.05) is 13.1 Å². The Morgan fingerprint density at radius 1 is 1.19 bits per heavy atom. The Balaban J connectivity index is 1.77. The van der Waals surface area contributed by atoms with Crippen molar-refractivity contribution in [3.63, 3.8) is 0 Å². The van der Waals surface area contributed by atoms with E-state index in [1.807, 2.05) is 33.9 Å². The summed E-state index contributed by atoms with van der Waals surface area (Å²) in [6.45, 7) is 1.53. The average molecular weight is 303 g/mol. The molecule has 0 bridgehead atoms. The Bertz CT molecular complexity index is 594. The number of amides is 1. The number of rotatable bonds is 2. The van der Waals surface area contributed by atoms with Crippen LogP contribution in [0.2, 0.25) is 0 Å². The molecular formula is C17H18FNOS.